The van der Waals surface area contributed by atoms with E-state index in [0.717, 1.165) is 50.4 Å². The molecule has 0 saturated carbocycles. The van der Waals surface area contributed by atoms with Crippen LogP contribution < -0.4 is 9.80 Å². The van der Waals surface area contributed by atoms with E-state index in [4.69, 9.17) is 4.42 Å². The van der Waals surface area contributed by atoms with E-state index in [1.807, 2.05) is 23.5 Å². The Bertz CT molecular complexity index is 2510. The number of rotatable bonds is 6. The molecule has 9 aromatic rings. The Morgan fingerprint density at radius 1 is 0.404 bits per heavy atom. The molecular formula is C43H30N2OS. The minimum Gasteiger partial charge on any atom is -0.456 e. The molecule has 3 nitrogen and oxygen atoms in total. The standard InChI is InChI=1S/C43H30N2OS/c1-44(33-15-10-16-35(27-33)45(31-11-4-2-5-12-31)32-13-6-3-7-14-32)34-21-24-43-39(28-34)38-26-30(20-23-42(38)47-43)29-19-22-41-37(25-29)36-17-8-9-18-40(36)46-41/h2-28H,1H3. The van der Waals surface area contributed by atoms with Gasteiger partial charge in [0.15, 0.2) is 0 Å². The van der Waals surface area contributed by atoms with Crippen molar-refractivity contribution in [3.8, 4) is 11.1 Å². The van der Waals surface area contributed by atoms with Crippen molar-refractivity contribution in [2.75, 3.05) is 16.8 Å². The lowest BCUT2D eigenvalue weighted by Crippen LogP contribution is -2.12. The highest BCUT2D eigenvalue weighted by Gasteiger charge is 2.16. The first kappa shape index (κ1) is 27.5. The number of benzene rings is 7. The molecule has 0 bridgehead atoms. The number of furan rings is 1. The number of hydrogen-bond donors (Lipinski definition) is 0. The van der Waals surface area contributed by atoms with Crippen LogP contribution in [0.4, 0.5) is 28.4 Å². The summed E-state index contributed by atoms with van der Waals surface area (Å²) in [6, 6.07) is 58.3. The van der Waals surface area contributed by atoms with Gasteiger partial charge in [-0.1, -0.05) is 72.8 Å². The number of anilines is 5. The van der Waals surface area contributed by atoms with Crippen LogP contribution in [0, 0.1) is 0 Å². The van der Waals surface area contributed by atoms with Gasteiger partial charge in [0.25, 0.3) is 0 Å². The van der Waals surface area contributed by atoms with Crippen molar-refractivity contribution in [1.82, 2.24) is 0 Å². The summed E-state index contributed by atoms with van der Waals surface area (Å²) >= 11 is 1.85. The SMILES string of the molecule is CN(c1cccc(N(c2ccccc2)c2ccccc2)c1)c1ccc2sc3ccc(-c4ccc5oc6ccccc6c5c4)cc3c2c1. The van der Waals surface area contributed by atoms with Gasteiger partial charge in [-0.2, -0.15) is 0 Å². The Kier molecular flexibility index (Phi) is 6.54. The molecule has 0 N–H and O–H groups in total. The third-order valence-corrected chi connectivity index (χ3v) is 10.2. The van der Waals surface area contributed by atoms with Gasteiger partial charge in [-0.15, -0.1) is 11.3 Å². The van der Waals surface area contributed by atoms with Gasteiger partial charge in [-0.3, -0.25) is 0 Å². The summed E-state index contributed by atoms with van der Waals surface area (Å²) in [4.78, 5) is 4.58. The molecule has 0 aliphatic rings. The minimum absolute atomic E-state index is 0.921. The maximum Gasteiger partial charge on any atom is 0.135 e. The quantitative estimate of drug-likeness (QED) is 0.184. The molecule has 0 radical (unpaired) electrons. The van der Waals surface area contributed by atoms with Crippen LogP contribution in [0.25, 0.3) is 53.2 Å². The molecule has 2 heterocycles. The normalized spacial score (nSPS) is 11.5. The van der Waals surface area contributed by atoms with E-state index in [0.29, 0.717) is 0 Å². The number of fused-ring (bicyclic) bond motifs is 6. The zero-order chi connectivity index (χ0) is 31.3. The van der Waals surface area contributed by atoms with E-state index in [1.54, 1.807) is 0 Å². The van der Waals surface area contributed by atoms with E-state index in [-0.39, 0.29) is 0 Å². The highest BCUT2D eigenvalue weighted by atomic mass is 32.1. The van der Waals surface area contributed by atoms with Crippen molar-refractivity contribution >= 4 is 81.9 Å². The van der Waals surface area contributed by atoms with Crippen LogP contribution in [0.2, 0.25) is 0 Å². The molecule has 47 heavy (non-hydrogen) atoms. The van der Waals surface area contributed by atoms with Gasteiger partial charge in [0.1, 0.15) is 11.2 Å². The lowest BCUT2D eigenvalue weighted by Gasteiger charge is -2.27. The molecule has 9 rings (SSSR count). The molecule has 7 aromatic carbocycles. The number of para-hydroxylation sites is 3. The zero-order valence-electron chi connectivity index (χ0n) is 25.8. The lowest BCUT2D eigenvalue weighted by atomic mass is 10.0. The Labute approximate surface area is 277 Å². The van der Waals surface area contributed by atoms with Gasteiger partial charge in [0, 0.05) is 66.4 Å². The number of thiophene rings is 1. The molecule has 0 saturated heterocycles. The summed E-state index contributed by atoms with van der Waals surface area (Å²) in [7, 11) is 2.15. The maximum absolute atomic E-state index is 6.09. The van der Waals surface area contributed by atoms with Crippen molar-refractivity contribution in [1.29, 1.82) is 0 Å². The van der Waals surface area contributed by atoms with E-state index in [2.05, 4.69) is 169 Å². The van der Waals surface area contributed by atoms with E-state index in [1.165, 1.54) is 31.3 Å². The Morgan fingerprint density at radius 3 is 1.72 bits per heavy atom. The zero-order valence-corrected chi connectivity index (χ0v) is 26.6. The van der Waals surface area contributed by atoms with Crippen LogP contribution in [0.5, 0.6) is 0 Å². The van der Waals surface area contributed by atoms with Crippen molar-refractivity contribution in [3.05, 3.63) is 164 Å². The Balaban J connectivity index is 1.10. The summed E-state index contributed by atoms with van der Waals surface area (Å²) < 4.78 is 8.67. The Hall–Kier alpha value is -5.84. The topological polar surface area (TPSA) is 19.6 Å². The molecule has 0 amide bonds. The van der Waals surface area contributed by atoms with Gasteiger partial charge < -0.3 is 14.2 Å². The minimum atomic E-state index is 0.921. The average molecular weight is 623 g/mol. The number of hydrogen-bond acceptors (Lipinski definition) is 4. The summed E-state index contributed by atoms with van der Waals surface area (Å²) in [5, 5.41) is 4.86. The van der Waals surface area contributed by atoms with Crippen LogP contribution in [-0.4, -0.2) is 7.05 Å². The van der Waals surface area contributed by atoms with Crippen LogP contribution in [-0.2, 0) is 0 Å². The average Bonchev–Trinajstić information content (AvgIpc) is 3.69. The predicted molar refractivity (Wildman–Crippen MR) is 201 cm³/mol. The summed E-state index contributed by atoms with van der Waals surface area (Å²) in [6.07, 6.45) is 0. The summed E-state index contributed by atoms with van der Waals surface area (Å²) in [5.41, 5.74) is 9.88. The summed E-state index contributed by atoms with van der Waals surface area (Å²) in [6.45, 7) is 0. The van der Waals surface area contributed by atoms with Gasteiger partial charge in [-0.05, 0) is 102 Å². The fourth-order valence-electron chi connectivity index (χ4n) is 6.65. The Morgan fingerprint density at radius 2 is 0.957 bits per heavy atom. The van der Waals surface area contributed by atoms with Crippen LogP contribution in [0.1, 0.15) is 0 Å². The van der Waals surface area contributed by atoms with Crippen molar-refractivity contribution in [2.24, 2.45) is 0 Å². The second-order valence-electron chi connectivity index (χ2n) is 11.9. The molecule has 2 aromatic heterocycles. The molecule has 4 heteroatoms. The van der Waals surface area contributed by atoms with Crippen LogP contribution in [0.3, 0.4) is 0 Å². The second kappa shape index (κ2) is 11.2. The number of nitrogens with zero attached hydrogens (tertiary/aromatic N) is 2. The van der Waals surface area contributed by atoms with Gasteiger partial charge in [0.05, 0.1) is 0 Å². The first-order valence-corrected chi connectivity index (χ1v) is 16.6. The van der Waals surface area contributed by atoms with Crippen molar-refractivity contribution in [2.45, 2.75) is 0 Å². The fraction of sp³-hybridized carbons (Fsp3) is 0.0233. The van der Waals surface area contributed by atoms with Crippen LogP contribution in [0.15, 0.2) is 168 Å². The largest absolute Gasteiger partial charge is 0.456 e. The summed E-state index contributed by atoms with van der Waals surface area (Å²) in [5.74, 6) is 0. The molecular weight excluding hydrogens is 593 g/mol. The van der Waals surface area contributed by atoms with Crippen molar-refractivity contribution in [3.63, 3.8) is 0 Å². The molecule has 0 aliphatic carbocycles. The molecule has 0 aliphatic heterocycles. The van der Waals surface area contributed by atoms with Gasteiger partial charge in [0.2, 0.25) is 0 Å². The third kappa shape index (κ3) is 4.82. The molecule has 0 spiro atoms. The van der Waals surface area contributed by atoms with Gasteiger partial charge in [-0.25, -0.2) is 0 Å². The lowest BCUT2D eigenvalue weighted by molar-refractivity contribution is 0.669. The van der Waals surface area contributed by atoms with E-state index < -0.39 is 0 Å². The maximum atomic E-state index is 6.09. The fourth-order valence-corrected chi connectivity index (χ4v) is 7.72. The molecule has 224 valence electrons. The first-order valence-electron chi connectivity index (χ1n) is 15.8. The predicted octanol–water partition coefficient (Wildman–Crippen LogP) is 12.9. The smallest absolute Gasteiger partial charge is 0.135 e. The monoisotopic (exact) mass is 622 g/mol. The third-order valence-electron chi connectivity index (χ3n) is 9.05. The highest BCUT2D eigenvalue weighted by Crippen LogP contribution is 2.41. The molecule has 0 unspecified atom stereocenters. The van der Waals surface area contributed by atoms with E-state index in [9.17, 15) is 0 Å². The molecule has 0 atom stereocenters. The second-order valence-corrected chi connectivity index (χ2v) is 13.0. The highest BCUT2D eigenvalue weighted by molar-refractivity contribution is 7.25. The van der Waals surface area contributed by atoms with Crippen LogP contribution >= 0.6 is 11.3 Å². The first-order chi connectivity index (χ1) is 23.2. The van der Waals surface area contributed by atoms with Crippen molar-refractivity contribution < 1.29 is 4.42 Å². The van der Waals surface area contributed by atoms with Gasteiger partial charge >= 0.3 is 0 Å². The van der Waals surface area contributed by atoms with E-state index >= 15 is 0 Å². The molecule has 0 fully saturated rings.